The van der Waals surface area contributed by atoms with Gasteiger partial charge in [0.15, 0.2) is 0 Å². The topological polar surface area (TPSA) is 38.0 Å². The van der Waals surface area contributed by atoms with Gasteiger partial charge in [-0.25, -0.2) is 4.98 Å². The lowest BCUT2D eigenvalue weighted by Crippen LogP contribution is -2.19. The fraction of sp³-hybridized carbons (Fsp3) is 0.700. The molecule has 1 atom stereocenters. The summed E-state index contributed by atoms with van der Waals surface area (Å²) in [6.45, 7) is 0.660. The number of fused-ring (bicyclic) bond motifs is 1. The molecule has 1 N–H and O–H groups in total. The van der Waals surface area contributed by atoms with Crippen molar-refractivity contribution in [2.45, 2.75) is 38.3 Å². The Morgan fingerprint density at radius 1 is 1.50 bits per heavy atom. The fourth-order valence-corrected chi connectivity index (χ4v) is 2.17. The number of nitrogens with zero attached hydrogens (tertiary/aromatic N) is 2. The maximum Gasteiger partial charge on any atom is 0.0952 e. The Morgan fingerprint density at radius 3 is 3.07 bits per heavy atom. The van der Waals surface area contributed by atoms with Crippen LogP contribution < -0.4 is 0 Å². The second kappa shape index (κ2) is 4.45. The Morgan fingerprint density at radius 2 is 2.29 bits per heavy atom. The first-order valence-electron chi connectivity index (χ1n) is 5.08. The van der Waals surface area contributed by atoms with E-state index in [9.17, 15) is 5.11 Å². The summed E-state index contributed by atoms with van der Waals surface area (Å²) >= 11 is 3.27. The van der Waals surface area contributed by atoms with Crippen molar-refractivity contribution in [1.29, 1.82) is 0 Å². The molecule has 1 aliphatic carbocycles. The minimum absolute atomic E-state index is 0.310. The number of hydrogen-bond acceptors (Lipinski definition) is 2. The Kier molecular flexibility index (Phi) is 3.23. The number of halogens is 1. The number of aryl methyl sites for hydroxylation is 1. The molecule has 1 aromatic heterocycles. The first-order valence-corrected chi connectivity index (χ1v) is 6.20. The van der Waals surface area contributed by atoms with Crippen LogP contribution in [-0.4, -0.2) is 26.1 Å². The second-order valence-electron chi connectivity index (χ2n) is 3.81. The molecule has 0 saturated heterocycles. The summed E-state index contributed by atoms with van der Waals surface area (Å²) in [5.74, 6) is 0. The van der Waals surface area contributed by atoms with E-state index in [-0.39, 0.29) is 6.10 Å². The van der Waals surface area contributed by atoms with Gasteiger partial charge in [-0.15, -0.1) is 0 Å². The first-order chi connectivity index (χ1) is 6.81. The zero-order chi connectivity index (χ0) is 9.97. The molecule has 0 radical (unpaired) electrons. The average Bonchev–Trinajstić information content (AvgIpc) is 2.62. The quantitative estimate of drug-likeness (QED) is 0.836. The zero-order valence-corrected chi connectivity index (χ0v) is 9.70. The second-order valence-corrected chi connectivity index (χ2v) is 4.45. The van der Waals surface area contributed by atoms with Crippen LogP contribution in [0.3, 0.4) is 0 Å². The summed E-state index contributed by atoms with van der Waals surface area (Å²) in [6, 6.07) is 0. The van der Waals surface area contributed by atoms with E-state index < -0.39 is 0 Å². The molecule has 4 heteroatoms. The molecule has 2 rings (SSSR count). The van der Waals surface area contributed by atoms with Crippen molar-refractivity contribution in [3.05, 3.63) is 17.7 Å². The molecule has 14 heavy (non-hydrogen) atoms. The lowest BCUT2D eigenvalue weighted by Gasteiger charge is -2.15. The van der Waals surface area contributed by atoms with Crippen LogP contribution in [0.2, 0.25) is 0 Å². The third-order valence-corrected chi connectivity index (χ3v) is 3.44. The van der Waals surface area contributed by atoms with Crippen LogP contribution in [-0.2, 0) is 19.4 Å². The number of alkyl halides is 1. The van der Waals surface area contributed by atoms with E-state index in [1.165, 1.54) is 24.2 Å². The highest BCUT2D eigenvalue weighted by Crippen LogP contribution is 2.20. The molecule has 0 amide bonds. The molecule has 0 aromatic carbocycles. The van der Waals surface area contributed by atoms with Crippen LogP contribution in [0.5, 0.6) is 0 Å². The highest BCUT2D eigenvalue weighted by Gasteiger charge is 2.16. The molecule has 0 aliphatic heterocycles. The molecule has 78 valence electrons. The predicted molar refractivity (Wildman–Crippen MR) is 58.7 cm³/mol. The van der Waals surface area contributed by atoms with Crippen molar-refractivity contribution in [1.82, 2.24) is 9.55 Å². The van der Waals surface area contributed by atoms with Crippen molar-refractivity contribution < 1.29 is 5.11 Å². The molecule has 1 aromatic rings. The lowest BCUT2D eigenvalue weighted by atomic mass is 10.0. The largest absolute Gasteiger partial charge is 0.390 e. The summed E-state index contributed by atoms with van der Waals surface area (Å²) in [4.78, 5) is 4.38. The number of aromatic nitrogens is 2. The molecule has 1 heterocycles. The van der Waals surface area contributed by atoms with Crippen LogP contribution >= 0.6 is 15.9 Å². The Labute approximate surface area is 92.3 Å². The summed E-state index contributed by atoms with van der Waals surface area (Å²) in [5, 5.41) is 10.2. The Balaban J connectivity index is 2.14. The molecule has 1 unspecified atom stereocenters. The summed E-state index contributed by atoms with van der Waals surface area (Å²) in [6.07, 6.45) is 6.28. The van der Waals surface area contributed by atoms with Gasteiger partial charge in [-0.2, -0.15) is 0 Å². The van der Waals surface area contributed by atoms with Crippen molar-refractivity contribution in [2.75, 3.05) is 5.33 Å². The van der Waals surface area contributed by atoms with Crippen molar-refractivity contribution in [2.24, 2.45) is 0 Å². The van der Waals surface area contributed by atoms with Gasteiger partial charge in [0, 0.05) is 11.0 Å². The minimum Gasteiger partial charge on any atom is -0.390 e. The van der Waals surface area contributed by atoms with Gasteiger partial charge in [0.05, 0.1) is 24.7 Å². The molecule has 0 spiro atoms. The predicted octanol–water partition coefficient (Wildman–Crippen LogP) is 1.52. The third-order valence-electron chi connectivity index (χ3n) is 2.70. The van der Waals surface area contributed by atoms with Gasteiger partial charge in [0.25, 0.3) is 0 Å². The van der Waals surface area contributed by atoms with E-state index in [1.54, 1.807) is 0 Å². The SMILES string of the molecule is OC(CBr)Cn1cnc2c1CCCC2. The highest BCUT2D eigenvalue weighted by atomic mass is 79.9. The van der Waals surface area contributed by atoms with E-state index in [0.717, 1.165) is 12.8 Å². The smallest absolute Gasteiger partial charge is 0.0952 e. The number of imidazole rings is 1. The Bertz CT molecular complexity index is 311. The van der Waals surface area contributed by atoms with E-state index in [4.69, 9.17) is 0 Å². The number of aliphatic hydroxyl groups is 1. The molecule has 0 fully saturated rings. The summed E-state index contributed by atoms with van der Waals surface area (Å²) in [5.41, 5.74) is 2.56. The molecular weight excluding hydrogens is 244 g/mol. The number of hydrogen-bond donors (Lipinski definition) is 1. The summed E-state index contributed by atoms with van der Waals surface area (Å²) < 4.78 is 2.10. The van der Waals surface area contributed by atoms with E-state index in [1.807, 2.05) is 6.33 Å². The number of rotatable bonds is 3. The van der Waals surface area contributed by atoms with Crippen LogP contribution in [0.1, 0.15) is 24.2 Å². The van der Waals surface area contributed by atoms with E-state index in [2.05, 4.69) is 25.5 Å². The van der Waals surface area contributed by atoms with Crippen LogP contribution in [0.15, 0.2) is 6.33 Å². The lowest BCUT2D eigenvalue weighted by molar-refractivity contribution is 0.178. The molecule has 0 saturated carbocycles. The van der Waals surface area contributed by atoms with Gasteiger partial charge >= 0.3 is 0 Å². The van der Waals surface area contributed by atoms with Crippen molar-refractivity contribution in [3.8, 4) is 0 Å². The monoisotopic (exact) mass is 258 g/mol. The van der Waals surface area contributed by atoms with Crippen molar-refractivity contribution >= 4 is 15.9 Å². The van der Waals surface area contributed by atoms with E-state index >= 15 is 0 Å². The molecular formula is C10H15BrN2O. The van der Waals surface area contributed by atoms with Crippen LogP contribution in [0.4, 0.5) is 0 Å². The summed E-state index contributed by atoms with van der Waals surface area (Å²) in [7, 11) is 0. The zero-order valence-electron chi connectivity index (χ0n) is 8.12. The standard InChI is InChI=1S/C10H15BrN2O/c11-5-8(14)6-13-7-12-9-3-1-2-4-10(9)13/h7-8,14H,1-6H2. The van der Waals surface area contributed by atoms with Gasteiger partial charge in [-0.05, 0) is 25.7 Å². The van der Waals surface area contributed by atoms with Crippen LogP contribution in [0, 0.1) is 0 Å². The van der Waals surface area contributed by atoms with Gasteiger partial charge in [-0.1, -0.05) is 15.9 Å². The molecule has 1 aliphatic rings. The minimum atomic E-state index is -0.310. The molecule has 3 nitrogen and oxygen atoms in total. The highest BCUT2D eigenvalue weighted by molar-refractivity contribution is 9.09. The van der Waals surface area contributed by atoms with Crippen LogP contribution in [0.25, 0.3) is 0 Å². The first kappa shape index (κ1) is 10.2. The third kappa shape index (κ3) is 2.01. The Hall–Kier alpha value is -0.350. The van der Waals surface area contributed by atoms with Gasteiger partial charge < -0.3 is 9.67 Å². The normalized spacial score (nSPS) is 17.9. The average molecular weight is 259 g/mol. The van der Waals surface area contributed by atoms with E-state index in [0.29, 0.717) is 11.9 Å². The van der Waals surface area contributed by atoms with Gasteiger partial charge in [-0.3, -0.25) is 0 Å². The number of aliphatic hydroxyl groups excluding tert-OH is 1. The van der Waals surface area contributed by atoms with Gasteiger partial charge in [0.1, 0.15) is 0 Å². The van der Waals surface area contributed by atoms with Gasteiger partial charge in [0.2, 0.25) is 0 Å². The maximum atomic E-state index is 9.54. The fourth-order valence-electron chi connectivity index (χ4n) is 1.96. The molecule has 0 bridgehead atoms. The van der Waals surface area contributed by atoms with Crippen molar-refractivity contribution in [3.63, 3.8) is 0 Å². The maximum absolute atomic E-state index is 9.54.